The first-order chi connectivity index (χ1) is 15.4. The topological polar surface area (TPSA) is 90.2 Å². The molecule has 2 heterocycles. The van der Waals surface area contributed by atoms with Crippen LogP contribution in [0.25, 0.3) is 5.70 Å². The summed E-state index contributed by atoms with van der Waals surface area (Å²) < 4.78 is 10.9. The number of aliphatic imine (C=N–C) groups is 1. The van der Waals surface area contributed by atoms with Crippen LogP contribution in [-0.2, 0) is 0 Å². The number of hydrogen-bond acceptors (Lipinski definition) is 7. The molecule has 0 saturated carbocycles. The molecule has 0 aliphatic carbocycles. The van der Waals surface area contributed by atoms with Crippen molar-refractivity contribution in [1.29, 1.82) is 5.41 Å². The number of hydrogen-bond donors (Lipinski definition) is 3. The Bertz CT molecular complexity index is 913. The lowest BCUT2D eigenvalue weighted by Crippen LogP contribution is -2.35. The number of aliphatic hydroxyl groups excluding tert-OH is 1. The van der Waals surface area contributed by atoms with Gasteiger partial charge in [-0.1, -0.05) is 18.2 Å². The van der Waals surface area contributed by atoms with Crippen LogP contribution in [0, 0.1) is 12.3 Å². The zero-order valence-electron chi connectivity index (χ0n) is 19.1. The lowest BCUT2D eigenvalue weighted by Gasteiger charge is -2.23. The minimum atomic E-state index is 0.237. The molecule has 2 aliphatic heterocycles. The quantitative estimate of drug-likeness (QED) is 0.487. The summed E-state index contributed by atoms with van der Waals surface area (Å²) in [5, 5.41) is 21.6. The van der Waals surface area contributed by atoms with Gasteiger partial charge in [-0.2, -0.15) is 0 Å². The Labute approximate surface area is 195 Å². The van der Waals surface area contributed by atoms with E-state index in [1.165, 1.54) is 0 Å². The molecule has 1 aromatic rings. The number of likely N-dealkylation sites (tertiary alicyclic amines) is 1. The van der Waals surface area contributed by atoms with Crippen LogP contribution in [0.4, 0.5) is 0 Å². The van der Waals surface area contributed by atoms with Crippen LogP contribution in [0.2, 0.25) is 5.02 Å². The van der Waals surface area contributed by atoms with Crippen molar-refractivity contribution < 1.29 is 14.6 Å². The van der Waals surface area contributed by atoms with Crippen LogP contribution in [0.1, 0.15) is 36.8 Å². The van der Waals surface area contributed by atoms with Crippen LogP contribution in [0.15, 0.2) is 29.3 Å². The van der Waals surface area contributed by atoms with Crippen molar-refractivity contribution in [3.05, 3.63) is 40.4 Å². The van der Waals surface area contributed by atoms with Crippen molar-refractivity contribution in [1.82, 2.24) is 10.2 Å². The lowest BCUT2D eigenvalue weighted by molar-refractivity contribution is 0.157. The third-order valence-corrected chi connectivity index (χ3v) is 6.49. The molecule has 0 amide bonds. The van der Waals surface area contributed by atoms with Gasteiger partial charge in [-0.3, -0.25) is 10.3 Å². The van der Waals surface area contributed by atoms with Gasteiger partial charge in [0.15, 0.2) is 5.84 Å². The molecule has 0 bridgehead atoms. The number of methoxy groups -OCH3 is 2. The number of amidine groups is 1. The number of aliphatic hydroxyl groups is 1. The maximum atomic E-state index is 9.46. The first-order valence-corrected chi connectivity index (χ1v) is 11.4. The van der Waals surface area contributed by atoms with Crippen molar-refractivity contribution in [2.45, 2.75) is 38.6 Å². The van der Waals surface area contributed by atoms with Crippen LogP contribution >= 0.6 is 11.6 Å². The van der Waals surface area contributed by atoms with Gasteiger partial charge in [-0.05, 0) is 57.3 Å². The molecule has 1 aromatic carbocycles. The van der Waals surface area contributed by atoms with E-state index in [0.29, 0.717) is 51.8 Å². The Morgan fingerprint density at radius 1 is 1.31 bits per heavy atom. The van der Waals surface area contributed by atoms with E-state index in [4.69, 9.17) is 31.5 Å². The fourth-order valence-corrected chi connectivity index (χ4v) is 4.63. The number of halogens is 1. The Kier molecular flexibility index (Phi) is 8.34. The second-order valence-corrected chi connectivity index (χ2v) is 8.51. The average Bonchev–Trinajstić information content (AvgIpc) is 3.24. The molecular formula is C24H33ClN4O3. The predicted molar refractivity (Wildman–Crippen MR) is 130 cm³/mol. The molecule has 0 spiro atoms. The predicted octanol–water partition coefficient (Wildman–Crippen LogP) is 3.82. The largest absolute Gasteiger partial charge is 0.496 e. The summed E-state index contributed by atoms with van der Waals surface area (Å²) >= 11 is 6.62. The van der Waals surface area contributed by atoms with E-state index in [1.807, 2.05) is 6.92 Å². The fraction of sp³-hybridized carbons (Fsp3) is 0.500. The maximum Gasteiger partial charge on any atom is 0.152 e. The number of benzene rings is 1. The molecule has 32 heavy (non-hydrogen) atoms. The summed E-state index contributed by atoms with van der Waals surface area (Å²) in [6.07, 6.45) is 5.97. The van der Waals surface area contributed by atoms with Gasteiger partial charge in [-0.25, -0.2) is 4.99 Å². The molecule has 7 nitrogen and oxygen atoms in total. The highest BCUT2D eigenvalue weighted by Gasteiger charge is 2.24. The highest BCUT2D eigenvalue weighted by molar-refractivity contribution is 6.48. The summed E-state index contributed by atoms with van der Waals surface area (Å²) in [5.41, 5.74) is 3.02. The van der Waals surface area contributed by atoms with Crippen molar-refractivity contribution in [2.24, 2.45) is 4.99 Å². The molecule has 3 N–H and O–H groups in total. The van der Waals surface area contributed by atoms with Gasteiger partial charge in [0.25, 0.3) is 0 Å². The van der Waals surface area contributed by atoms with Crippen LogP contribution in [-0.4, -0.2) is 68.1 Å². The Balaban J connectivity index is 1.71. The van der Waals surface area contributed by atoms with Crippen molar-refractivity contribution in [3.63, 3.8) is 0 Å². The molecule has 2 aliphatic rings. The Morgan fingerprint density at radius 3 is 2.75 bits per heavy atom. The molecule has 1 atom stereocenters. The van der Waals surface area contributed by atoms with Gasteiger partial charge in [0, 0.05) is 29.8 Å². The first-order valence-electron chi connectivity index (χ1n) is 11.0. The first kappa shape index (κ1) is 24.3. The van der Waals surface area contributed by atoms with Gasteiger partial charge in [0.1, 0.15) is 17.2 Å². The van der Waals surface area contributed by atoms with Crippen LogP contribution < -0.4 is 14.8 Å². The number of nitrogens with one attached hydrogen (secondary N) is 2. The highest BCUT2D eigenvalue weighted by atomic mass is 35.5. The minimum absolute atomic E-state index is 0.237. The van der Waals surface area contributed by atoms with Crippen molar-refractivity contribution >= 4 is 28.8 Å². The van der Waals surface area contributed by atoms with E-state index < -0.39 is 0 Å². The summed E-state index contributed by atoms with van der Waals surface area (Å²) in [5.74, 6) is 1.64. The second-order valence-electron chi connectivity index (χ2n) is 8.13. The maximum absolute atomic E-state index is 9.46. The van der Waals surface area contributed by atoms with E-state index in [9.17, 15) is 5.11 Å². The molecule has 174 valence electrons. The third-order valence-electron chi connectivity index (χ3n) is 6.11. The van der Waals surface area contributed by atoms with Gasteiger partial charge in [0.2, 0.25) is 0 Å². The molecule has 0 radical (unpaired) electrons. The third kappa shape index (κ3) is 5.17. The fourth-order valence-electron chi connectivity index (χ4n) is 4.26. The van der Waals surface area contributed by atoms with Crippen molar-refractivity contribution in [3.8, 4) is 11.5 Å². The number of ether oxygens (including phenoxy) is 2. The van der Waals surface area contributed by atoms with Crippen LogP contribution in [0.5, 0.6) is 11.5 Å². The normalized spacial score (nSPS) is 19.1. The molecule has 1 fully saturated rings. The summed E-state index contributed by atoms with van der Waals surface area (Å²) in [7, 11) is 3.16. The molecule has 3 rings (SSSR count). The minimum Gasteiger partial charge on any atom is -0.496 e. The van der Waals surface area contributed by atoms with E-state index in [-0.39, 0.29) is 12.3 Å². The summed E-state index contributed by atoms with van der Waals surface area (Å²) in [6, 6.07) is 2.06. The highest BCUT2D eigenvalue weighted by Crippen LogP contribution is 2.41. The molecule has 1 unspecified atom stereocenters. The Hall–Kier alpha value is -2.35. The molecular weight excluding hydrogens is 428 g/mol. The molecule has 8 heteroatoms. The SMILES string of the molecule is C=C1C=C(c2c(C)c(OC)cc(OC)c2Cl)N=C(NCCCCN2CCCC2CO)C1=N. The number of allylic oxidation sites excluding steroid dienone is 1. The smallest absolute Gasteiger partial charge is 0.152 e. The van der Waals surface area contributed by atoms with Gasteiger partial charge in [-0.15, -0.1) is 0 Å². The standard InChI is InChI=1S/C24H33ClN4O3/c1-15-12-18(21-16(2)19(31-3)13-20(32-4)22(21)25)28-24(23(15)26)27-9-5-6-10-29-11-7-8-17(29)14-30/h12-13,17,26,30H,1,5-11,14H2,2-4H3,(H,27,28). The second kappa shape index (κ2) is 11.0. The summed E-state index contributed by atoms with van der Waals surface area (Å²) in [4.78, 5) is 7.06. The van der Waals surface area contributed by atoms with Crippen molar-refractivity contribution in [2.75, 3.05) is 40.5 Å². The number of nitrogens with zero attached hydrogens (tertiary/aromatic N) is 2. The average molecular weight is 461 g/mol. The number of rotatable bonds is 9. The van der Waals surface area contributed by atoms with E-state index in [2.05, 4.69) is 16.8 Å². The number of unbranched alkanes of at least 4 members (excludes halogenated alkanes) is 1. The molecule has 0 aromatic heterocycles. The molecule has 1 saturated heterocycles. The summed E-state index contributed by atoms with van der Waals surface area (Å²) in [6.45, 7) is 8.92. The van der Waals surface area contributed by atoms with E-state index in [1.54, 1.807) is 26.4 Å². The van der Waals surface area contributed by atoms with Gasteiger partial charge >= 0.3 is 0 Å². The zero-order chi connectivity index (χ0) is 23.3. The van der Waals surface area contributed by atoms with Gasteiger partial charge in [0.05, 0.1) is 31.5 Å². The van der Waals surface area contributed by atoms with E-state index in [0.717, 1.165) is 44.3 Å². The zero-order valence-corrected chi connectivity index (χ0v) is 19.9. The monoisotopic (exact) mass is 460 g/mol. The van der Waals surface area contributed by atoms with Gasteiger partial charge < -0.3 is 19.9 Å². The Morgan fingerprint density at radius 2 is 2.06 bits per heavy atom. The lowest BCUT2D eigenvalue weighted by atomic mass is 9.98. The van der Waals surface area contributed by atoms with Crippen LogP contribution in [0.3, 0.4) is 0 Å². The van der Waals surface area contributed by atoms with E-state index >= 15 is 0 Å².